The van der Waals surface area contributed by atoms with E-state index < -0.39 is 0 Å². The first-order valence-electron chi connectivity index (χ1n) is 8.93. The second-order valence-electron chi connectivity index (χ2n) is 7.58. The third-order valence-electron chi connectivity index (χ3n) is 5.19. The fourth-order valence-corrected chi connectivity index (χ4v) is 4.02. The van der Waals surface area contributed by atoms with Crippen molar-refractivity contribution in [3.63, 3.8) is 0 Å². The largest absolute Gasteiger partial charge is 0.0750 e. The van der Waals surface area contributed by atoms with Gasteiger partial charge in [0.2, 0.25) is 0 Å². The van der Waals surface area contributed by atoms with Gasteiger partial charge in [-0.05, 0) is 57.7 Å². The molecule has 1 aliphatic carbocycles. The Morgan fingerprint density at radius 3 is 2.21 bits per heavy atom. The van der Waals surface area contributed by atoms with Crippen molar-refractivity contribution in [3.8, 4) is 11.1 Å². The first-order valence-corrected chi connectivity index (χ1v) is 8.93. The molecule has 0 amide bonds. The van der Waals surface area contributed by atoms with Gasteiger partial charge in [-0.2, -0.15) is 0 Å². The third kappa shape index (κ3) is 2.78. The zero-order valence-electron chi connectivity index (χ0n) is 14.5. The Morgan fingerprint density at radius 2 is 1.38 bits per heavy atom. The second-order valence-corrected chi connectivity index (χ2v) is 7.58. The van der Waals surface area contributed by atoms with Crippen LogP contribution in [-0.4, -0.2) is 0 Å². The molecule has 0 unspecified atom stereocenters. The van der Waals surface area contributed by atoms with Crippen LogP contribution in [0, 0.1) is 5.41 Å². The number of allylic oxidation sites excluding steroid dienone is 2. The molecule has 3 aromatic rings. The van der Waals surface area contributed by atoms with E-state index >= 15 is 0 Å². The van der Waals surface area contributed by atoms with Crippen LogP contribution in [0.1, 0.15) is 38.7 Å². The van der Waals surface area contributed by atoms with Gasteiger partial charge in [0.15, 0.2) is 0 Å². The van der Waals surface area contributed by atoms with E-state index in [4.69, 9.17) is 0 Å². The standard InChI is InChI=1S/C24H24/c1-24(2)16-8-11-19(17-24)21-13-5-6-14-22(21)23-15-7-10-18-9-3-4-12-20(18)23/h3-7,9-10,12-15,17H,8,11,16H2,1-2H3. The molecule has 120 valence electrons. The molecule has 1 aliphatic rings. The average molecular weight is 312 g/mol. The van der Waals surface area contributed by atoms with Crippen molar-refractivity contribution >= 4 is 16.3 Å². The van der Waals surface area contributed by atoms with Crippen LogP contribution in [0.25, 0.3) is 27.5 Å². The lowest BCUT2D eigenvalue weighted by Crippen LogP contribution is -2.12. The van der Waals surface area contributed by atoms with Crippen molar-refractivity contribution in [1.82, 2.24) is 0 Å². The Kier molecular flexibility index (Phi) is 3.76. The van der Waals surface area contributed by atoms with Crippen molar-refractivity contribution in [2.24, 2.45) is 5.41 Å². The van der Waals surface area contributed by atoms with Crippen molar-refractivity contribution in [2.45, 2.75) is 33.1 Å². The molecular weight excluding hydrogens is 288 g/mol. The lowest BCUT2D eigenvalue weighted by molar-refractivity contribution is 0.411. The van der Waals surface area contributed by atoms with Crippen molar-refractivity contribution in [2.75, 3.05) is 0 Å². The summed E-state index contributed by atoms with van der Waals surface area (Å²) in [7, 11) is 0. The average Bonchev–Trinajstić information content (AvgIpc) is 2.60. The molecule has 0 spiro atoms. The summed E-state index contributed by atoms with van der Waals surface area (Å²) in [4.78, 5) is 0. The summed E-state index contributed by atoms with van der Waals surface area (Å²) in [5.41, 5.74) is 5.92. The first-order chi connectivity index (χ1) is 11.6. The van der Waals surface area contributed by atoms with Crippen LogP contribution in [0.15, 0.2) is 72.8 Å². The van der Waals surface area contributed by atoms with Crippen LogP contribution in [0.2, 0.25) is 0 Å². The highest BCUT2D eigenvalue weighted by atomic mass is 14.3. The lowest BCUT2D eigenvalue weighted by atomic mass is 9.77. The zero-order valence-corrected chi connectivity index (χ0v) is 14.5. The zero-order chi connectivity index (χ0) is 16.6. The molecule has 3 aromatic carbocycles. The fraction of sp³-hybridized carbons (Fsp3) is 0.250. The predicted octanol–water partition coefficient (Wildman–Crippen LogP) is 7.10. The van der Waals surface area contributed by atoms with E-state index in [2.05, 4.69) is 86.7 Å². The van der Waals surface area contributed by atoms with Crippen LogP contribution < -0.4 is 0 Å². The van der Waals surface area contributed by atoms with Gasteiger partial charge in [-0.15, -0.1) is 0 Å². The Morgan fingerprint density at radius 1 is 0.708 bits per heavy atom. The second kappa shape index (κ2) is 5.94. The molecule has 0 N–H and O–H groups in total. The topological polar surface area (TPSA) is 0 Å². The van der Waals surface area contributed by atoms with Gasteiger partial charge in [0.25, 0.3) is 0 Å². The Labute approximate surface area is 144 Å². The van der Waals surface area contributed by atoms with Gasteiger partial charge in [-0.1, -0.05) is 86.7 Å². The van der Waals surface area contributed by atoms with Crippen LogP contribution >= 0.6 is 0 Å². The Balaban J connectivity index is 1.93. The summed E-state index contributed by atoms with van der Waals surface area (Å²) in [6.07, 6.45) is 6.25. The summed E-state index contributed by atoms with van der Waals surface area (Å²) < 4.78 is 0. The number of fused-ring (bicyclic) bond motifs is 1. The summed E-state index contributed by atoms with van der Waals surface area (Å²) >= 11 is 0. The predicted molar refractivity (Wildman–Crippen MR) is 105 cm³/mol. The highest BCUT2D eigenvalue weighted by molar-refractivity contribution is 5.99. The molecule has 4 rings (SSSR count). The molecular formula is C24H24. The van der Waals surface area contributed by atoms with E-state index in [0.717, 1.165) is 0 Å². The maximum atomic E-state index is 2.50. The first kappa shape index (κ1) is 15.2. The fourth-order valence-electron chi connectivity index (χ4n) is 4.02. The number of benzene rings is 3. The Bertz CT molecular complexity index is 907. The van der Waals surface area contributed by atoms with Gasteiger partial charge >= 0.3 is 0 Å². The summed E-state index contributed by atoms with van der Waals surface area (Å²) in [6.45, 7) is 4.71. The number of hydrogen-bond donors (Lipinski definition) is 0. The van der Waals surface area contributed by atoms with Gasteiger partial charge in [-0.25, -0.2) is 0 Å². The quantitative estimate of drug-likeness (QED) is 0.473. The van der Waals surface area contributed by atoms with Crippen LogP contribution in [-0.2, 0) is 0 Å². The van der Waals surface area contributed by atoms with E-state index in [1.165, 1.54) is 52.3 Å². The number of rotatable bonds is 2. The maximum Gasteiger partial charge on any atom is -0.00993 e. The highest BCUT2D eigenvalue weighted by Crippen LogP contribution is 2.41. The monoisotopic (exact) mass is 312 g/mol. The molecule has 0 saturated heterocycles. The highest BCUT2D eigenvalue weighted by Gasteiger charge is 2.22. The minimum atomic E-state index is 0.305. The van der Waals surface area contributed by atoms with Gasteiger partial charge in [-0.3, -0.25) is 0 Å². The third-order valence-corrected chi connectivity index (χ3v) is 5.19. The van der Waals surface area contributed by atoms with E-state index in [9.17, 15) is 0 Å². The molecule has 24 heavy (non-hydrogen) atoms. The van der Waals surface area contributed by atoms with Crippen LogP contribution in [0.4, 0.5) is 0 Å². The molecule has 0 nitrogen and oxygen atoms in total. The molecule has 0 radical (unpaired) electrons. The maximum absolute atomic E-state index is 2.50. The van der Waals surface area contributed by atoms with Gasteiger partial charge in [0.1, 0.15) is 0 Å². The smallest absolute Gasteiger partial charge is 0.00993 e. The van der Waals surface area contributed by atoms with E-state index in [1.54, 1.807) is 0 Å². The minimum Gasteiger partial charge on any atom is -0.0750 e. The Hall–Kier alpha value is -2.34. The number of hydrogen-bond acceptors (Lipinski definition) is 0. The van der Waals surface area contributed by atoms with E-state index in [1.807, 2.05) is 0 Å². The normalized spacial score (nSPS) is 16.8. The SMILES string of the molecule is CC1(C)C=C(c2ccccc2-c2cccc3ccccc23)CCC1. The van der Waals surface area contributed by atoms with E-state index in [0.29, 0.717) is 5.41 Å². The van der Waals surface area contributed by atoms with E-state index in [-0.39, 0.29) is 0 Å². The van der Waals surface area contributed by atoms with Crippen molar-refractivity contribution < 1.29 is 0 Å². The molecule has 0 heteroatoms. The van der Waals surface area contributed by atoms with Crippen LogP contribution in [0.5, 0.6) is 0 Å². The molecule has 0 aromatic heterocycles. The molecule has 0 bridgehead atoms. The minimum absolute atomic E-state index is 0.305. The molecule has 0 atom stereocenters. The molecule has 0 fully saturated rings. The van der Waals surface area contributed by atoms with Crippen LogP contribution in [0.3, 0.4) is 0 Å². The summed E-state index contributed by atoms with van der Waals surface area (Å²) in [5, 5.41) is 2.64. The van der Waals surface area contributed by atoms with Crippen molar-refractivity contribution in [3.05, 3.63) is 78.4 Å². The van der Waals surface area contributed by atoms with Gasteiger partial charge < -0.3 is 0 Å². The van der Waals surface area contributed by atoms with Crippen molar-refractivity contribution in [1.29, 1.82) is 0 Å². The van der Waals surface area contributed by atoms with Gasteiger partial charge in [0.05, 0.1) is 0 Å². The lowest BCUT2D eigenvalue weighted by Gasteiger charge is -2.28. The van der Waals surface area contributed by atoms with Gasteiger partial charge in [0, 0.05) is 0 Å². The molecule has 0 aliphatic heterocycles. The summed E-state index contributed by atoms with van der Waals surface area (Å²) in [6, 6.07) is 24.2. The summed E-state index contributed by atoms with van der Waals surface area (Å²) in [5.74, 6) is 0. The molecule has 0 heterocycles. The molecule has 0 saturated carbocycles.